The highest BCUT2D eigenvalue weighted by atomic mass is 79.9. The van der Waals surface area contributed by atoms with Crippen molar-refractivity contribution in [2.75, 3.05) is 5.32 Å². The van der Waals surface area contributed by atoms with Gasteiger partial charge < -0.3 is 5.32 Å². The first-order chi connectivity index (χ1) is 9.22. The summed E-state index contributed by atoms with van der Waals surface area (Å²) in [7, 11) is 0. The van der Waals surface area contributed by atoms with E-state index in [2.05, 4.69) is 21.2 Å². The highest BCUT2D eigenvalue weighted by Crippen LogP contribution is 2.26. The fourth-order valence-corrected chi connectivity index (χ4v) is 3.21. The molecule has 19 heavy (non-hydrogen) atoms. The lowest BCUT2D eigenvalue weighted by molar-refractivity contribution is 0.103. The van der Waals surface area contributed by atoms with Crippen molar-refractivity contribution in [3.8, 4) is 0 Å². The normalized spacial score (nSPS) is 10.6. The lowest BCUT2D eigenvalue weighted by Crippen LogP contribution is -2.09. The first-order valence-corrected chi connectivity index (χ1v) is 7.39. The number of nitrogens with one attached hydrogen (secondary N) is 1. The van der Waals surface area contributed by atoms with Gasteiger partial charge in [0.15, 0.2) is 0 Å². The largest absolute Gasteiger partial charge is 0.321 e. The number of rotatable bonds is 2. The van der Waals surface area contributed by atoms with Crippen LogP contribution in [-0.2, 0) is 0 Å². The molecule has 94 valence electrons. The molecule has 2 nitrogen and oxygen atoms in total. The highest BCUT2D eigenvalue weighted by molar-refractivity contribution is 9.10. The van der Waals surface area contributed by atoms with Crippen LogP contribution in [-0.4, -0.2) is 5.91 Å². The Kier molecular flexibility index (Phi) is 3.36. The maximum absolute atomic E-state index is 12.2. The molecule has 0 saturated heterocycles. The zero-order valence-electron chi connectivity index (χ0n) is 9.89. The zero-order valence-corrected chi connectivity index (χ0v) is 12.3. The van der Waals surface area contributed by atoms with Crippen LogP contribution in [0.1, 0.15) is 9.67 Å². The Morgan fingerprint density at radius 3 is 2.68 bits per heavy atom. The molecule has 1 amide bonds. The van der Waals surface area contributed by atoms with Gasteiger partial charge in [0, 0.05) is 14.9 Å². The molecular formula is C15H10BrNOS. The van der Waals surface area contributed by atoms with Crippen LogP contribution >= 0.6 is 27.3 Å². The number of amides is 1. The van der Waals surface area contributed by atoms with Gasteiger partial charge in [-0.25, -0.2) is 0 Å². The summed E-state index contributed by atoms with van der Waals surface area (Å²) in [5.41, 5.74) is 0.789. The van der Waals surface area contributed by atoms with Crippen LogP contribution < -0.4 is 5.32 Å². The number of hydrogen-bond donors (Lipinski definition) is 1. The summed E-state index contributed by atoms with van der Waals surface area (Å²) in [4.78, 5) is 12.9. The van der Waals surface area contributed by atoms with E-state index in [1.165, 1.54) is 11.3 Å². The molecule has 3 aromatic rings. The smallest absolute Gasteiger partial charge is 0.265 e. The summed E-state index contributed by atoms with van der Waals surface area (Å²) in [6.07, 6.45) is 0. The van der Waals surface area contributed by atoms with Crippen molar-refractivity contribution in [1.82, 2.24) is 0 Å². The van der Waals surface area contributed by atoms with Crippen LogP contribution in [0.2, 0.25) is 0 Å². The second kappa shape index (κ2) is 5.15. The van der Waals surface area contributed by atoms with E-state index >= 15 is 0 Å². The quantitative estimate of drug-likeness (QED) is 0.709. The van der Waals surface area contributed by atoms with Crippen LogP contribution in [0.15, 0.2) is 59.1 Å². The van der Waals surface area contributed by atoms with Gasteiger partial charge in [-0.05, 0) is 35.7 Å². The number of fused-ring (bicyclic) bond motifs is 1. The van der Waals surface area contributed by atoms with Crippen molar-refractivity contribution >= 4 is 48.9 Å². The van der Waals surface area contributed by atoms with E-state index in [1.807, 2.05) is 54.6 Å². The molecule has 3 rings (SSSR count). The maximum atomic E-state index is 12.2. The molecule has 0 unspecified atom stereocenters. The van der Waals surface area contributed by atoms with Crippen LogP contribution in [0.25, 0.3) is 10.1 Å². The third kappa shape index (κ3) is 2.69. The van der Waals surface area contributed by atoms with Gasteiger partial charge in [0.1, 0.15) is 0 Å². The average Bonchev–Trinajstić information content (AvgIpc) is 2.82. The molecular weight excluding hydrogens is 322 g/mol. The van der Waals surface area contributed by atoms with Crippen molar-refractivity contribution in [2.45, 2.75) is 0 Å². The first kappa shape index (κ1) is 12.4. The molecule has 0 aliphatic heterocycles. The number of carbonyl (C=O) groups excluding carboxylic acids is 1. The predicted octanol–water partition coefficient (Wildman–Crippen LogP) is 4.92. The molecule has 0 aliphatic rings. The van der Waals surface area contributed by atoms with E-state index in [0.717, 1.165) is 25.1 Å². The van der Waals surface area contributed by atoms with Gasteiger partial charge in [-0.2, -0.15) is 0 Å². The van der Waals surface area contributed by atoms with E-state index < -0.39 is 0 Å². The number of carbonyl (C=O) groups is 1. The molecule has 1 aromatic heterocycles. The Hall–Kier alpha value is -1.65. The molecule has 0 spiro atoms. The van der Waals surface area contributed by atoms with Crippen molar-refractivity contribution in [3.63, 3.8) is 0 Å². The van der Waals surface area contributed by atoms with E-state index in [1.54, 1.807) is 0 Å². The van der Waals surface area contributed by atoms with Gasteiger partial charge in [-0.15, -0.1) is 11.3 Å². The summed E-state index contributed by atoms with van der Waals surface area (Å²) < 4.78 is 2.07. The third-order valence-corrected chi connectivity index (χ3v) is 4.34. The van der Waals surface area contributed by atoms with E-state index in [4.69, 9.17) is 0 Å². The fourth-order valence-electron chi connectivity index (χ4n) is 1.85. The number of hydrogen-bond acceptors (Lipinski definition) is 2. The molecule has 4 heteroatoms. The molecule has 0 saturated carbocycles. The van der Waals surface area contributed by atoms with E-state index in [-0.39, 0.29) is 5.91 Å². The lowest BCUT2D eigenvalue weighted by atomic mass is 10.2. The number of thiophene rings is 1. The average molecular weight is 332 g/mol. The van der Waals surface area contributed by atoms with Crippen molar-refractivity contribution < 1.29 is 4.79 Å². The summed E-state index contributed by atoms with van der Waals surface area (Å²) in [5, 5.41) is 4.01. The number of anilines is 1. The summed E-state index contributed by atoms with van der Waals surface area (Å²) in [5.74, 6) is -0.0701. The Balaban J connectivity index is 1.87. The fraction of sp³-hybridized carbons (Fsp3) is 0. The van der Waals surface area contributed by atoms with Crippen molar-refractivity contribution in [3.05, 3.63) is 63.9 Å². The topological polar surface area (TPSA) is 29.1 Å². The monoisotopic (exact) mass is 331 g/mol. The summed E-state index contributed by atoms with van der Waals surface area (Å²) >= 11 is 4.89. The van der Waals surface area contributed by atoms with E-state index in [9.17, 15) is 4.79 Å². The standard InChI is InChI=1S/C15H10BrNOS/c16-11-5-3-6-12(9-11)17-15(18)14-8-10-4-1-2-7-13(10)19-14/h1-9H,(H,17,18). The van der Waals surface area contributed by atoms with Gasteiger partial charge in [0.25, 0.3) is 5.91 Å². The predicted molar refractivity (Wildman–Crippen MR) is 83.9 cm³/mol. The molecule has 0 radical (unpaired) electrons. The minimum Gasteiger partial charge on any atom is -0.321 e. The first-order valence-electron chi connectivity index (χ1n) is 5.78. The van der Waals surface area contributed by atoms with Crippen molar-refractivity contribution in [2.24, 2.45) is 0 Å². The molecule has 2 aromatic carbocycles. The van der Waals surface area contributed by atoms with E-state index in [0.29, 0.717) is 0 Å². The van der Waals surface area contributed by atoms with Gasteiger partial charge in [-0.1, -0.05) is 40.2 Å². The molecule has 0 atom stereocenters. The molecule has 1 heterocycles. The van der Waals surface area contributed by atoms with Gasteiger partial charge in [0.2, 0.25) is 0 Å². The molecule has 0 bridgehead atoms. The van der Waals surface area contributed by atoms with Crippen LogP contribution in [0.3, 0.4) is 0 Å². The second-order valence-corrected chi connectivity index (χ2v) is 6.11. The second-order valence-electron chi connectivity index (χ2n) is 4.11. The van der Waals surface area contributed by atoms with Crippen LogP contribution in [0, 0.1) is 0 Å². The number of halogens is 1. The van der Waals surface area contributed by atoms with Gasteiger partial charge in [-0.3, -0.25) is 4.79 Å². The molecule has 0 fully saturated rings. The maximum Gasteiger partial charge on any atom is 0.265 e. The lowest BCUT2D eigenvalue weighted by Gasteiger charge is -2.03. The molecule has 0 aliphatic carbocycles. The number of benzene rings is 2. The highest BCUT2D eigenvalue weighted by Gasteiger charge is 2.10. The zero-order chi connectivity index (χ0) is 13.2. The minimum absolute atomic E-state index is 0.0701. The van der Waals surface area contributed by atoms with Crippen LogP contribution in [0.5, 0.6) is 0 Å². The van der Waals surface area contributed by atoms with Crippen molar-refractivity contribution in [1.29, 1.82) is 0 Å². The Morgan fingerprint density at radius 2 is 1.89 bits per heavy atom. The summed E-state index contributed by atoms with van der Waals surface area (Å²) in [6, 6.07) is 17.5. The summed E-state index contributed by atoms with van der Waals surface area (Å²) in [6.45, 7) is 0. The van der Waals surface area contributed by atoms with Crippen LogP contribution in [0.4, 0.5) is 5.69 Å². The van der Waals surface area contributed by atoms with Gasteiger partial charge in [0.05, 0.1) is 4.88 Å². The van der Waals surface area contributed by atoms with Gasteiger partial charge >= 0.3 is 0 Å². The Morgan fingerprint density at radius 1 is 1.05 bits per heavy atom. The Bertz CT molecular complexity index is 717. The Labute approximate surface area is 123 Å². The molecule has 1 N–H and O–H groups in total. The minimum atomic E-state index is -0.0701. The third-order valence-electron chi connectivity index (χ3n) is 2.73. The SMILES string of the molecule is O=C(Nc1cccc(Br)c1)c1cc2ccccc2s1.